The normalized spacial score (nSPS) is 10.2. The second kappa shape index (κ2) is 8.18. The highest BCUT2D eigenvalue weighted by Crippen LogP contribution is 2.22. The molecule has 1 heterocycles. The number of hydrogen-bond donors (Lipinski definition) is 2. The minimum atomic E-state index is -0.251. The van der Waals surface area contributed by atoms with Crippen LogP contribution in [0.2, 0.25) is 0 Å². The van der Waals surface area contributed by atoms with Crippen LogP contribution in [-0.2, 0) is 9.59 Å². The summed E-state index contributed by atoms with van der Waals surface area (Å²) in [6.45, 7) is -0.0432. The van der Waals surface area contributed by atoms with Gasteiger partial charge in [0.1, 0.15) is 12.1 Å². The summed E-state index contributed by atoms with van der Waals surface area (Å²) in [5, 5.41) is 13.4. The third-order valence-electron chi connectivity index (χ3n) is 2.91. The lowest BCUT2D eigenvalue weighted by atomic mass is 10.3. The Hall–Kier alpha value is -2.55. The number of aromatic nitrogens is 3. The maximum Gasteiger partial charge on any atom is 0.239 e. The van der Waals surface area contributed by atoms with Crippen molar-refractivity contribution in [3.05, 3.63) is 30.6 Å². The molecule has 122 valence electrons. The van der Waals surface area contributed by atoms with Crippen LogP contribution in [0.4, 0.5) is 0 Å². The molecule has 2 amide bonds. The Balaban J connectivity index is 1.98. The number of amides is 2. The zero-order chi connectivity index (χ0) is 16.7. The van der Waals surface area contributed by atoms with E-state index in [9.17, 15) is 9.59 Å². The van der Waals surface area contributed by atoms with Gasteiger partial charge in [-0.05, 0) is 12.1 Å². The second-order valence-corrected chi connectivity index (χ2v) is 5.37. The summed E-state index contributed by atoms with van der Waals surface area (Å²) in [6, 6.07) is 7.44. The molecule has 2 aromatic rings. The van der Waals surface area contributed by atoms with Crippen LogP contribution in [0, 0.1) is 0 Å². The lowest BCUT2D eigenvalue weighted by Crippen LogP contribution is -2.36. The first-order chi connectivity index (χ1) is 11.1. The van der Waals surface area contributed by atoms with E-state index in [1.807, 2.05) is 24.3 Å². The Morgan fingerprint density at radius 2 is 2.17 bits per heavy atom. The Labute approximate surface area is 137 Å². The number of nitrogens with zero attached hydrogens (tertiary/aromatic N) is 3. The molecule has 23 heavy (non-hydrogen) atoms. The first kappa shape index (κ1) is 16.8. The molecule has 0 saturated heterocycles. The summed E-state index contributed by atoms with van der Waals surface area (Å²) in [7, 11) is 3.11. The fourth-order valence-electron chi connectivity index (χ4n) is 1.71. The van der Waals surface area contributed by atoms with Crippen molar-refractivity contribution in [2.75, 3.05) is 26.5 Å². The number of carbonyl (C=O) groups is 2. The van der Waals surface area contributed by atoms with Gasteiger partial charge >= 0.3 is 0 Å². The summed E-state index contributed by atoms with van der Waals surface area (Å²) in [4.78, 5) is 22.8. The van der Waals surface area contributed by atoms with Crippen molar-refractivity contribution in [2.24, 2.45) is 0 Å². The third-order valence-corrected chi connectivity index (χ3v) is 3.85. The number of rotatable bonds is 7. The molecule has 0 aliphatic rings. The highest BCUT2D eigenvalue weighted by Gasteiger charge is 2.11. The quantitative estimate of drug-likeness (QED) is 0.703. The SMILES string of the molecule is CNC(=O)CNC(=O)CSc1nncn1-c1cccc(OC)c1. The lowest BCUT2D eigenvalue weighted by molar-refractivity contribution is -0.124. The number of hydrogen-bond acceptors (Lipinski definition) is 6. The van der Waals surface area contributed by atoms with Crippen LogP contribution in [0.15, 0.2) is 35.7 Å². The molecule has 0 radical (unpaired) electrons. The predicted molar refractivity (Wildman–Crippen MR) is 85.7 cm³/mol. The van der Waals surface area contributed by atoms with Crippen LogP contribution in [-0.4, -0.2) is 53.0 Å². The molecule has 0 aliphatic heterocycles. The minimum absolute atomic E-state index is 0.0432. The van der Waals surface area contributed by atoms with Crippen LogP contribution in [0.3, 0.4) is 0 Å². The Bertz CT molecular complexity index is 689. The van der Waals surface area contributed by atoms with Gasteiger partial charge in [0.25, 0.3) is 0 Å². The molecular weight excluding hydrogens is 318 g/mol. The zero-order valence-corrected chi connectivity index (χ0v) is 13.6. The van der Waals surface area contributed by atoms with Gasteiger partial charge in [-0.25, -0.2) is 0 Å². The maximum absolute atomic E-state index is 11.7. The van der Waals surface area contributed by atoms with E-state index in [0.29, 0.717) is 5.16 Å². The van der Waals surface area contributed by atoms with Gasteiger partial charge in [-0.2, -0.15) is 0 Å². The number of likely N-dealkylation sites (N-methyl/N-ethyl adjacent to an activating group) is 1. The van der Waals surface area contributed by atoms with Gasteiger partial charge < -0.3 is 15.4 Å². The van der Waals surface area contributed by atoms with E-state index < -0.39 is 0 Å². The van der Waals surface area contributed by atoms with Crippen molar-refractivity contribution in [1.82, 2.24) is 25.4 Å². The fourth-order valence-corrected chi connectivity index (χ4v) is 2.47. The van der Waals surface area contributed by atoms with Crippen molar-refractivity contribution in [1.29, 1.82) is 0 Å². The first-order valence-corrected chi connectivity index (χ1v) is 7.77. The molecule has 1 aromatic carbocycles. The molecule has 0 bridgehead atoms. The monoisotopic (exact) mass is 335 g/mol. The van der Waals surface area contributed by atoms with Crippen molar-refractivity contribution >= 4 is 23.6 Å². The van der Waals surface area contributed by atoms with Gasteiger partial charge in [0.2, 0.25) is 11.8 Å². The van der Waals surface area contributed by atoms with Crippen LogP contribution in [0.25, 0.3) is 5.69 Å². The van der Waals surface area contributed by atoms with E-state index in [-0.39, 0.29) is 24.1 Å². The van der Waals surface area contributed by atoms with E-state index in [4.69, 9.17) is 4.74 Å². The number of carbonyl (C=O) groups excluding carboxylic acids is 2. The van der Waals surface area contributed by atoms with Crippen molar-refractivity contribution in [3.8, 4) is 11.4 Å². The molecule has 1 aromatic heterocycles. The highest BCUT2D eigenvalue weighted by atomic mass is 32.2. The fraction of sp³-hybridized carbons (Fsp3) is 0.286. The molecule has 0 spiro atoms. The van der Waals surface area contributed by atoms with Gasteiger partial charge in [-0.3, -0.25) is 14.2 Å². The average Bonchev–Trinajstić information content (AvgIpc) is 3.06. The Kier molecular flexibility index (Phi) is 5.98. The third kappa shape index (κ3) is 4.71. The molecular formula is C14H17N5O3S. The van der Waals surface area contributed by atoms with E-state index in [0.717, 1.165) is 11.4 Å². The van der Waals surface area contributed by atoms with Crippen molar-refractivity contribution < 1.29 is 14.3 Å². The zero-order valence-electron chi connectivity index (χ0n) is 12.8. The topological polar surface area (TPSA) is 98.1 Å². The first-order valence-electron chi connectivity index (χ1n) is 6.78. The molecule has 0 aliphatic carbocycles. The van der Waals surface area contributed by atoms with Gasteiger partial charge in [0, 0.05) is 13.1 Å². The minimum Gasteiger partial charge on any atom is -0.497 e. The van der Waals surface area contributed by atoms with Gasteiger partial charge in [-0.15, -0.1) is 10.2 Å². The summed E-state index contributed by atoms with van der Waals surface area (Å²) in [6.07, 6.45) is 1.57. The van der Waals surface area contributed by atoms with Gasteiger partial charge in [0.15, 0.2) is 5.16 Å². The molecule has 2 rings (SSSR count). The molecule has 8 nitrogen and oxygen atoms in total. The van der Waals surface area contributed by atoms with Crippen molar-refractivity contribution in [2.45, 2.75) is 5.16 Å². The van der Waals surface area contributed by atoms with Crippen LogP contribution in [0.1, 0.15) is 0 Å². The maximum atomic E-state index is 11.7. The largest absolute Gasteiger partial charge is 0.497 e. The summed E-state index contributed by atoms with van der Waals surface area (Å²) < 4.78 is 6.96. The van der Waals surface area contributed by atoms with Crippen LogP contribution < -0.4 is 15.4 Å². The summed E-state index contributed by atoms with van der Waals surface area (Å²) in [5.74, 6) is 0.358. The van der Waals surface area contributed by atoms with Crippen molar-refractivity contribution in [3.63, 3.8) is 0 Å². The molecule has 0 fully saturated rings. The molecule has 0 saturated carbocycles. The molecule has 0 atom stereocenters. The van der Waals surface area contributed by atoms with E-state index >= 15 is 0 Å². The van der Waals surface area contributed by atoms with E-state index in [1.165, 1.54) is 18.8 Å². The molecule has 0 unspecified atom stereocenters. The van der Waals surface area contributed by atoms with Crippen LogP contribution in [0.5, 0.6) is 5.75 Å². The number of methoxy groups -OCH3 is 1. The second-order valence-electron chi connectivity index (χ2n) is 4.42. The van der Waals surface area contributed by atoms with Crippen LogP contribution >= 0.6 is 11.8 Å². The number of benzene rings is 1. The summed E-state index contributed by atoms with van der Waals surface area (Å²) >= 11 is 1.23. The van der Waals surface area contributed by atoms with E-state index in [1.54, 1.807) is 18.0 Å². The summed E-state index contributed by atoms with van der Waals surface area (Å²) in [5.41, 5.74) is 0.836. The molecule has 9 heteroatoms. The number of nitrogens with one attached hydrogen (secondary N) is 2. The lowest BCUT2D eigenvalue weighted by Gasteiger charge is -2.08. The smallest absolute Gasteiger partial charge is 0.239 e. The van der Waals surface area contributed by atoms with Gasteiger partial charge in [-0.1, -0.05) is 17.8 Å². The Morgan fingerprint density at radius 3 is 2.91 bits per heavy atom. The standard InChI is InChI=1S/C14H17N5O3S/c1-15-12(20)7-16-13(21)8-23-14-18-17-9-19(14)10-4-3-5-11(6-10)22-2/h3-6,9H,7-8H2,1-2H3,(H,15,20)(H,16,21). The van der Waals surface area contributed by atoms with Gasteiger partial charge in [0.05, 0.1) is 25.1 Å². The average molecular weight is 335 g/mol. The number of ether oxygens (including phenoxy) is 1. The van der Waals surface area contributed by atoms with E-state index in [2.05, 4.69) is 20.8 Å². The highest BCUT2D eigenvalue weighted by molar-refractivity contribution is 7.99. The Morgan fingerprint density at radius 1 is 1.35 bits per heavy atom. The predicted octanol–water partition coefficient (Wildman–Crippen LogP) is 0.230. The molecule has 2 N–H and O–H groups in total. The number of thioether (sulfide) groups is 1.